The van der Waals surface area contributed by atoms with Crippen molar-refractivity contribution in [1.82, 2.24) is 5.32 Å². The van der Waals surface area contributed by atoms with Crippen molar-refractivity contribution in [2.45, 2.75) is 74.7 Å². The highest BCUT2D eigenvalue weighted by molar-refractivity contribution is 6.08. The molecule has 0 heterocycles. The second-order valence-corrected chi connectivity index (χ2v) is 13.9. The third-order valence-corrected chi connectivity index (χ3v) is 6.51. The van der Waals surface area contributed by atoms with E-state index in [-0.39, 0.29) is 34.0 Å². The summed E-state index contributed by atoms with van der Waals surface area (Å²) >= 11 is 0. The third-order valence-electron chi connectivity index (χ3n) is 6.51. The van der Waals surface area contributed by atoms with Crippen LogP contribution >= 0.6 is 0 Å². The number of phenols is 1. The van der Waals surface area contributed by atoms with Crippen molar-refractivity contribution >= 4 is 28.5 Å². The molecule has 3 N–H and O–H groups in total. The fourth-order valence-corrected chi connectivity index (χ4v) is 4.78. The van der Waals surface area contributed by atoms with Crippen molar-refractivity contribution < 1.29 is 24.2 Å². The number of carbonyl (C=O) groups excluding carboxylic acids is 2. The maximum absolute atomic E-state index is 12.9. The highest BCUT2D eigenvalue weighted by Crippen LogP contribution is 2.34. The Morgan fingerprint density at radius 3 is 2.29 bits per heavy atom. The van der Waals surface area contributed by atoms with Gasteiger partial charge in [-0.3, -0.25) is 10.1 Å². The molecule has 0 bridgehead atoms. The molecule has 0 spiro atoms. The average Bonchev–Trinajstić information content (AvgIpc) is 2.87. The van der Waals surface area contributed by atoms with Gasteiger partial charge >= 0.3 is 6.09 Å². The van der Waals surface area contributed by atoms with Crippen molar-refractivity contribution in [2.75, 3.05) is 25.1 Å². The predicted octanol–water partition coefficient (Wildman–Crippen LogP) is 8.13. The molecule has 228 valence electrons. The number of carbonyl (C=O) groups is 2. The second kappa shape index (κ2) is 14.0. The number of aromatic hydroxyl groups is 1. The van der Waals surface area contributed by atoms with Crippen LogP contribution in [0.1, 0.15) is 83.3 Å². The molecule has 7 nitrogen and oxygen atoms in total. The number of rotatable bonds is 11. The van der Waals surface area contributed by atoms with Gasteiger partial charge in [0, 0.05) is 17.3 Å². The molecule has 0 fully saturated rings. The van der Waals surface area contributed by atoms with Crippen molar-refractivity contribution in [1.29, 1.82) is 0 Å². The van der Waals surface area contributed by atoms with Crippen molar-refractivity contribution in [3.8, 4) is 11.5 Å². The van der Waals surface area contributed by atoms with E-state index < -0.39 is 6.09 Å². The molecular formula is C35H48N2O5. The van der Waals surface area contributed by atoms with Gasteiger partial charge in [0.2, 0.25) is 0 Å². The Morgan fingerprint density at radius 2 is 1.62 bits per heavy atom. The molecule has 0 radical (unpaired) electrons. The maximum atomic E-state index is 12.9. The standard InChI is InChI=1S/C35H48N2O5/c1-23(2)22-42-33(40)37-29-12-9-11-27-26(29)14-15-28(31(27)38)32(39)36-17-10-18-41-30-16-13-24(20-34(3,4)5)19-25(30)21-35(6,7)8/h9,11-16,19,23,38H,10,17-18,20-22H2,1-8H3,(H,36,39)(H,37,40). The summed E-state index contributed by atoms with van der Waals surface area (Å²) in [5.74, 6) is 0.598. The Labute approximate surface area is 251 Å². The smallest absolute Gasteiger partial charge is 0.411 e. The number of nitrogens with one attached hydrogen (secondary N) is 2. The van der Waals surface area contributed by atoms with Gasteiger partial charge in [-0.1, -0.05) is 85.7 Å². The summed E-state index contributed by atoms with van der Waals surface area (Å²) in [4.78, 5) is 25.1. The lowest BCUT2D eigenvalue weighted by Crippen LogP contribution is -2.25. The molecule has 0 saturated carbocycles. The summed E-state index contributed by atoms with van der Waals surface area (Å²) in [7, 11) is 0. The van der Waals surface area contributed by atoms with Gasteiger partial charge in [-0.05, 0) is 65.3 Å². The van der Waals surface area contributed by atoms with Crippen LogP contribution < -0.4 is 15.4 Å². The number of hydrogen-bond donors (Lipinski definition) is 3. The first-order chi connectivity index (χ1) is 19.6. The van der Waals surface area contributed by atoms with Gasteiger partial charge in [-0.2, -0.15) is 0 Å². The Kier molecular flexibility index (Phi) is 10.9. The molecule has 3 rings (SSSR count). The summed E-state index contributed by atoms with van der Waals surface area (Å²) in [5, 5.41) is 17.6. The number of benzene rings is 3. The topological polar surface area (TPSA) is 96.9 Å². The number of fused-ring (bicyclic) bond motifs is 1. The van der Waals surface area contributed by atoms with Crippen molar-refractivity contribution in [3.63, 3.8) is 0 Å². The number of amides is 2. The summed E-state index contributed by atoms with van der Waals surface area (Å²) in [6.45, 7) is 18.5. The van der Waals surface area contributed by atoms with E-state index in [2.05, 4.69) is 70.4 Å². The molecule has 3 aromatic carbocycles. The predicted molar refractivity (Wildman–Crippen MR) is 171 cm³/mol. The van der Waals surface area contributed by atoms with Gasteiger partial charge in [0.05, 0.1) is 24.5 Å². The summed E-state index contributed by atoms with van der Waals surface area (Å²) in [6, 6.07) is 14.9. The molecule has 42 heavy (non-hydrogen) atoms. The Bertz CT molecular complexity index is 1380. The molecule has 0 aliphatic heterocycles. The van der Waals surface area contributed by atoms with E-state index in [1.165, 1.54) is 11.1 Å². The van der Waals surface area contributed by atoms with Gasteiger partial charge in [-0.15, -0.1) is 0 Å². The van der Waals surface area contributed by atoms with Crippen LogP contribution in [0.4, 0.5) is 10.5 Å². The van der Waals surface area contributed by atoms with E-state index in [9.17, 15) is 14.7 Å². The van der Waals surface area contributed by atoms with Crippen LogP contribution in [0.2, 0.25) is 0 Å². The lowest BCUT2D eigenvalue weighted by atomic mass is 9.84. The fraction of sp³-hybridized carbons (Fsp3) is 0.486. The molecule has 0 saturated heterocycles. The summed E-state index contributed by atoms with van der Waals surface area (Å²) in [5.41, 5.74) is 3.52. The second-order valence-electron chi connectivity index (χ2n) is 13.9. The van der Waals surface area contributed by atoms with Crippen LogP contribution in [-0.4, -0.2) is 36.9 Å². The molecule has 3 aromatic rings. The minimum Gasteiger partial charge on any atom is -0.506 e. The third kappa shape index (κ3) is 9.97. The van der Waals surface area contributed by atoms with E-state index in [1.807, 2.05) is 13.8 Å². The molecule has 7 heteroatoms. The number of hydrogen-bond acceptors (Lipinski definition) is 5. The van der Waals surface area contributed by atoms with E-state index in [1.54, 1.807) is 30.3 Å². The van der Waals surface area contributed by atoms with Crippen LogP contribution in [0, 0.1) is 16.7 Å². The highest BCUT2D eigenvalue weighted by Gasteiger charge is 2.19. The molecular weight excluding hydrogens is 528 g/mol. The lowest BCUT2D eigenvalue weighted by Gasteiger charge is -2.23. The van der Waals surface area contributed by atoms with Crippen molar-refractivity contribution in [3.05, 3.63) is 65.2 Å². The zero-order chi connectivity index (χ0) is 31.1. The first-order valence-corrected chi connectivity index (χ1v) is 14.8. The number of ether oxygens (including phenoxy) is 2. The fourth-order valence-electron chi connectivity index (χ4n) is 4.78. The first kappa shape index (κ1) is 32.8. The first-order valence-electron chi connectivity index (χ1n) is 14.8. The van der Waals surface area contributed by atoms with Crippen LogP contribution in [0.15, 0.2) is 48.5 Å². The van der Waals surface area contributed by atoms with Gasteiger partial charge in [0.25, 0.3) is 5.91 Å². The molecule has 0 aliphatic rings. The zero-order valence-electron chi connectivity index (χ0n) is 26.5. The highest BCUT2D eigenvalue weighted by atomic mass is 16.5. The van der Waals surface area contributed by atoms with Crippen LogP contribution in [0.25, 0.3) is 10.8 Å². The van der Waals surface area contributed by atoms with Crippen molar-refractivity contribution in [2.24, 2.45) is 16.7 Å². The largest absolute Gasteiger partial charge is 0.506 e. The minimum absolute atomic E-state index is 0.127. The lowest BCUT2D eigenvalue weighted by molar-refractivity contribution is 0.0949. The molecule has 0 unspecified atom stereocenters. The van der Waals surface area contributed by atoms with E-state index in [0.29, 0.717) is 42.6 Å². The monoisotopic (exact) mass is 576 g/mol. The maximum Gasteiger partial charge on any atom is 0.411 e. The Hall–Kier alpha value is -3.74. The molecule has 0 aromatic heterocycles. The van der Waals surface area contributed by atoms with Gasteiger partial charge in [0.15, 0.2) is 0 Å². The summed E-state index contributed by atoms with van der Waals surface area (Å²) < 4.78 is 11.4. The zero-order valence-corrected chi connectivity index (χ0v) is 26.5. The summed E-state index contributed by atoms with van der Waals surface area (Å²) in [6.07, 6.45) is 1.96. The van der Waals surface area contributed by atoms with Gasteiger partial charge in [0.1, 0.15) is 11.5 Å². The quantitative estimate of drug-likeness (QED) is 0.200. The normalized spacial score (nSPS) is 11.9. The minimum atomic E-state index is -0.564. The van der Waals surface area contributed by atoms with E-state index in [0.717, 1.165) is 18.6 Å². The molecule has 2 amide bonds. The Balaban J connectivity index is 1.60. The van der Waals surface area contributed by atoms with E-state index >= 15 is 0 Å². The SMILES string of the molecule is CC(C)COC(=O)Nc1cccc2c(O)c(C(=O)NCCCOc3ccc(CC(C)(C)C)cc3CC(C)(C)C)ccc12. The number of anilines is 1. The molecule has 0 atom stereocenters. The van der Waals surface area contributed by atoms with Crippen LogP contribution in [0.5, 0.6) is 11.5 Å². The Morgan fingerprint density at radius 1 is 0.905 bits per heavy atom. The van der Waals surface area contributed by atoms with Crippen LogP contribution in [0.3, 0.4) is 0 Å². The molecule has 0 aliphatic carbocycles. The van der Waals surface area contributed by atoms with Gasteiger partial charge in [-0.25, -0.2) is 4.79 Å². The number of phenolic OH excluding ortho intramolecular Hbond substituents is 1. The van der Waals surface area contributed by atoms with E-state index in [4.69, 9.17) is 9.47 Å². The van der Waals surface area contributed by atoms with Crippen LogP contribution in [-0.2, 0) is 17.6 Å². The van der Waals surface area contributed by atoms with Gasteiger partial charge < -0.3 is 19.9 Å². The average molecular weight is 577 g/mol.